The first-order chi connectivity index (χ1) is 13.1. The molecule has 1 N–H and O–H groups in total. The molecule has 2 aromatic rings. The average molecular weight is 438 g/mol. The number of hydrogen-bond acceptors (Lipinski definition) is 4. The van der Waals surface area contributed by atoms with Gasteiger partial charge in [0, 0.05) is 10.9 Å². The van der Waals surface area contributed by atoms with Gasteiger partial charge < -0.3 is 9.84 Å². The second-order valence-corrected chi connectivity index (χ2v) is 6.33. The quantitative estimate of drug-likeness (QED) is 0.726. The Balaban J connectivity index is 0.000000408. The zero-order valence-corrected chi connectivity index (χ0v) is 17.0. The zero-order valence-electron chi connectivity index (χ0n) is 15.2. The smallest absolute Gasteiger partial charge is 0.466 e. The van der Waals surface area contributed by atoms with Crippen molar-refractivity contribution in [2.24, 2.45) is 0 Å². The SMILES string of the molecule is Cc1cc(OC(C(O)[C]2[CH][CH][CH][CH]2)n2cncn2)ccc1Cl.[CH]1[CH][CH][CH][CH]1.[Fe+2]. The fraction of sp³-hybridized carbons (Fsp3) is 0.143. The van der Waals surface area contributed by atoms with Crippen LogP contribution >= 0.6 is 11.6 Å². The van der Waals surface area contributed by atoms with Crippen LogP contribution in [-0.4, -0.2) is 26.0 Å². The largest absolute Gasteiger partial charge is 2.00 e. The first kappa shape index (κ1) is 23.2. The maximum absolute atomic E-state index is 10.6. The van der Waals surface area contributed by atoms with E-state index in [-0.39, 0.29) is 17.1 Å². The molecule has 0 saturated heterocycles. The van der Waals surface area contributed by atoms with Crippen LogP contribution in [0.2, 0.25) is 5.02 Å². The molecule has 144 valence electrons. The van der Waals surface area contributed by atoms with Crippen LogP contribution in [0.25, 0.3) is 0 Å². The summed E-state index contributed by atoms with van der Waals surface area (Å²) in [5.41, 5.74) is 0.902. The Bertz CT molecular complexity index is 681. The molecule has 2 atom stereocenters. The van der Waals surface area contributed by atoms with Crippen LogP contribution < -0.4 is 4.74 Å². The summed E-state index contributed by atoms with van der Waals surface area (Å²) in [7, 11) is 0. The number of ether oxygens (including phenoxy) is 1. The van der Waals surface area contributed by atoms with Crippen molar-refractivity contribution in [2.45, 2.75) is 19.3 Å². The summed E-state index contributed by atoms with van der Waals surface area (Å²) in [6.07, 6.45) is 18.7. The number of aromatic nitrogens is 3. The maximum Gasteiger partial charge on any atom is 2.00 e. The Kier molecular flexibility index (Phi) is 9.80. The van der Waals surface area contributed by atoms with Gasteiger partial charge in [-0.2, -0.15) is 5.10 Å². The molecule has 2 saturated carbocycles. The summed E-state index contributed by atoms with van der Waals surface area (Å²) in [6, 6.07) is 5.35. The number of halogens is 1. The second kappa shape index (κ2) is 11.8. The van der Waals surface area contributed by atoms with E-state index < -0.39 is 12.3 Å². The third kappa shape index (κ3) is 6.48. The van der Waals surface area contributed by atoms with Crippen molar-refractivity contribution in [3.8, 4) is 5.75 Å². The number of nitrogens with zero attached hydrogens (tertiary/aromatic N) is 3. The van der Waals surface area contributed by atoms with E-state index in [9.17, 15) is 5.11 Å². The van der Waals surface area contributed by atoms with Crippen LogP contribution in [0.5, 0.6) is 5.75 Å². The molecule has 0 bridgehead atoms. The van der Waals surface area contributed by atoms with Crippen molar-refractivity contribution < 1.29 is 26.9 Å². The minimum Gasteiger partial charge on any atom is -0.466 e. The van der Waals surface area contributed by atoms with Gasteiger partial charge in [0.05, 0.1) is 0 Å². The van der Waals surface area contributed by atoms with Gasteiger partial charge in [-0.25, -0.2) is 9.67 Å². The van der Waals surface area contributed by atoms with E-state index in [4.69, 9.17) is 16.3 Å². The molecule has 0 spiro atoms. The van der Waals surface area contributed by atoms with Gasteiger partial charge in [0.15, 0.2) is 0 Å². The maximum atomic E-state index is 10.6. The number of aryl methyl sites for hydroxylation is 1. The van der Waals surface area contributed by atoms with Gasteiger partial charge in [-0.1, -0.05) is 11.6 Å². The van der Waals surface area contributed by atoms with Crippen molar-refractivity contribution in [1.29, 1.82) is 0 Å². The van der Waals surface area contributed by atoms with Gasteiger partial charge in [-0.05, 0) is 88.5 Å². The predicted molar refractivity (Wildman–Crippen MR) is 104 cm³/mol. The molecule has 1 aromatic heterocycles. The van der Waals surface area contributed by atoms with E-state index >= 15 is 0 Å². The predicted octanol–water partition coefficient (Wildman–Crippen LogP) is 3.60. The Morgan fingerprint density at radius 3 is 2.21 bits per heavy atom. The summed E-state index contributed by atoms with van der Waals surface area (Å²) in [4.78, 5) is 3.92. The molecule has 4 rings (SSSR count). The van der Waals surface area contributed by atoms with Crippen LogP contribution in [0.1, 0.15) is 11.8 Å². The Labute approximate surface area is 183 Å². The molecule has 1 aromatic carbocycles. The standard InChI is InChI=1S/C16H15ClN3O2.C5H5.Fe/c1-11-8-13(6-7-14(11)17)22-16(20-10-18-9-19-20)15(21)12-4-2-3-5-12;1-2-4-5-3-1;/h2-10,15-16,21H,1H3;1-5H;/q;;+2. The topological polar surface area (TPSA) is 60.2 Å². The number of hydrogen-bond donors (Lipinski definition) is 1. The van der Waals surface area contributed by atoms with Crippen molar-refractivity contribution >= 4 is 11.6 Å². The van der Waals surface area contributed by atoms with Crippen LogP contribution in [0.15, 0.2) is 30.9 Å². The number of aliphatic hydroxyl groups excluding tert-OH is 1. The zero-order chi connectivity index (χ0) is 19.1. The van der Waals surface area contributed by atoms with E-state index in [2.05, 4.69) is 10.1 Å². The van der Waals surface area contributed by atoms with E-state index in [1.807, 2.05) is 70.8 Å². The Morgan fingerprint density at radius 2 is 1.68 bits per heavy atom. The number of aliphatic hydroxyl groups is 1. The van der Waals surface area contributed by atoms with Crippen molar-refractivity contribution in [3.63, 3.8) is 0 Å². The summed E-state index contributed by atoms with van der Waals surface area (Å²) >= 11 is 6.03. The Hall–Kier alpha value is -1.07. The van der Waals surface area contributed by atoms with Gasteiger partial charge in [0.1, 0.15) is 24.5 Å². The van der Waals surface area contributed by atoms with E-state index in [1.165, 1.54) is 17.3 Å². The Morgan fingerprint density at radius 1 is 1.04 bits per heavy atom. The van der Waals surface area contributed by atoms with Gasteiger partial charge in [0.2, 0.25) is 6.23 Å². The minimum atomic E-state index is -0.868. The summed E-state index contributed by atoms with van der Waals surface area (Å²) < 4.78 is 7.42. The third-order valence-corrected chi connectivity index (χ3v) is 4.36. The molecule has 0 aliphatic heterocycles. The van der Waals surface area contributed by atoms with Crippen LogP contribution in [0.3, 0.4) is 0 Å². The molecule has 5 nitrogen and oxygen atoms in total. The van der Waals surface area contributed by atoms with E-state index in [0.717, 1.165) is 11.5 Å². The summed E-state index contributed by atoms with van der Waals surface area (Å²) in [5, 5.41) is 15.3. The van der Waals surface area contributed by atoms with E-state index in [0.29, 0.717) is 10.8 Å². The molecule has 0 amide bonds. The van der Waals surface area contributed by atoms with Crippen molar-refractivity contribution in [2.75, 3.05) is 0 Å². The third-order valence-electron chi connectivity index (χ3n) is 3.94. The summed E-state index contributed by atoms with van der Waals surface area (Å²) in [5.74, 6) is 1.36. The monoisotopic (exact) mass is 437 g/mol. The van der Waals surface area contributed by atoms with Crippen LogP contribution in [0.4, 0.5) is 0 Å². The molecule has 2 unspecified atom stereocenters. The molecule has 7 heteroatoms. The molecule has 10 radical (unpaired) electrons. The van der Waals surface area contributed by atoms with Crippen molar-refractivity contribution in [3.05, 3.63) is 105 Å². The van der Waals surface area contributed by atoms with Crippen molar-refractivity contribution in [1.82, 2.24) is 14.8 Å². The molecular weight excluding hydrogens is 418 g/mol. The van der Waals surface area contributed by atoms with Gasteiger partial charge in [0.25, 0.3) is 0 Å². The molecule has 2 aliphatic carbocycles. The molecule has 2 aliphatic rings. The fourth-order valence-corrected chi connectivity index (χ4v) is 2.63. The van der Waals surface area contributed by atoms with Gasteiger partial charge in [-0.3, -0.25) is 0 Å². The summed E-state index contributed by atoms with van der Waals surface area (Å²) in [6.45, 7) is 1.90. The first-order valence-electron chi connectivity index (χ1n) is 8.48. The molecule has 1 heterocycles. The van der Waals surface area contributed by atoms with Gasteiger partial charge in [-0.15, -0.1) is 0 Å². The average Bonchev–Trinajstić information content (AvgIpc) is 3.46. The number of benzene rings is 1. The van der Waals surface area contributed by atoms with E-state index in [1.54, 1.807) is 12.1 Å². The second-order valence-electron chi connectivity index (χ2n) is 5.92. The minimum absolute atomic E-state index is 0. The molecular formula is C21H20ClFeN3O2+2. The normalized spacial score (nSPS) is 18.7. The molecule has 28 heavy (non-hydrogen) atoms. The van der Waals surface area contributed by atoms with Gasteiger partial charge >= 0.3 is 17.1 Å². The molecule has 2 fully saturated rings. The number of rotatable bonds is 5. The van der Waals surface area contributed by atoms with Crippen LogP contribution in [0, 0.1) is 70.6 Å². The van der Waals surface area contributed by atoms with Crippen LogP contribution in [-0.2, 0) is 17.1 Å². The fourth-order valence-electron chi connectivity index (χ4n) is 2.51. The first-order valence-corrected chi connectivity index (χ1v) is 8.86.